The van der Waals surface area contributed by atoms with Gasteiger partial charge in [0.25, 0.3) is 0 Å². The zero-order valence-corrected chi connectivity index (χ0v) is 10.5. The van der Waals surface area contributed by atoms with Crippen molar-refractivity contribution in [2.45, 2.75) is 32.4 Å². The molecule has 2 nitrogen and oxygen atoms in total. The zero-order valence-electron chi connectivity index (χ0n) is 10.5. The molecule has 0 bridgehead atoms. The van der Waals surface area contributed by atoms with Crippen LogP contribution in [-0.4, -0.2) is 31.1 Å². The SMILES string of the molecule is Cc1cccc(C(C)NC2CCN(C)C2)c1. The molecule has 2 heteroatoms. The van der Waals surface area contributed by atoms with Crippen molar-refractivity contribution in [3.05, 3.63) is 35.4 Å². The Hall–Kier alpha value is -0.860. The molecule has 2 atom stereocenters. The topological polar surface area (TPSA) is 15.3 Å². The van der Waals surface area contributed by atoms with E-state index in [9.17, 15) is 0 Å². The summed E-state index contributed by atoms with van der Waals surface area (Å²) in [5, 5.41) is 3.71. The molecule has 2 unspecified atom stereocenters. The number of nitrogens with zero attached hydrogens (tertiary/aromatic N) is 1. The van der Waals surface area contributed by atoms with Crippen molar-refractivity contribution in [2.75, 3.05) is 20.1 Å². The molecule has 0 aromatic heterocycles. The minimum atomic E-state index is 0.455. The van der Waals surface area contributed by atoms with Gasteiger partial charge in [-0.15, -0.1) is 0 Å². The van der Waals surface area contributed by atoms with Gasteiger partial charge in [-0.3, -0.25) is 0 Å². The minimum absolute atomic E-state index is 0.455. The van der Waals surface area contributed by atoms with Gasteiger partial charge in [0.05, 0.1) is 0 Å². The number of likely N-dealkylation sites (tertiary alicyclic amines) is 1. The van der Waals surface area contributed by atoms with Crippen molar-refractivity contribution < 1.29 is 0 Å². The molecule has 1 saturated heterocycles. The molecule has 1 aliphatic heterocycles. The fourth-order valence-corrected chi connectivity index (χ4v) is 2.46. The van der Waals surface area contributed by atoms with Gasteiger partial charge in [0, 0.05) is 18.6 Å². The van der Waals surface area contributed by atoms with Crippen LogP contribution in [0.4, 0.5) is 0 Å². The second-order valence-corrected chi connectivity index (χ2v) is 5.05. The van der Waals surface area contributed by atoms with Gasteiger partial charge in [0.15, 0.2) is 0 Å². The van der Waals surface area contributed by atoms with Crippen LogP contribution in [0.5, 0.6) is 0 Å². The molecule has 2 rings (SSSR count). The lowest BCUT2D eigenvalue weighted by Crippen LogP contribution is -2.33. The van der Waals surface area contributed by atoms with Gasteiger partial charge in [0.1, 0.15) is 0 Å². The number of likely N-dealkylation sites (N-methyl/N-ethyl adjacent to an activating group) is 1. The van der Waals surface area contributed by atoms with Crippen LogP contribution in [0.25, 0.3) is 0 Å². The quantitative estimate of drug-likeness (QED) is 0.838. The van der Waals surface area contributed by atoms with Crippen molar-refractivity contribution >= 4 is 0 Å². The van der Waals surface area contributed by atoms with Crippen molar-refractivity contribution in [1.82, 2.24) is 10.2 Å². The fraction of sp³-hybridized carbons (Fsp3) is 0.571. The standard InChI is InChI=1S/C14H22N2/c1-11-5-4-6-13(9-11)12(2)15-14-7-8-16(3)10-14/h4-6,9,12,14-15H,7-8,10H2,1-3H3. The number of benzene rings is 1. The molecular formula is C14H22N2. The third-order valence-electron chi connectivity index (χ3n) is 3.42. The summed E-state index contributed by atoms with van der Waals surface area (Å²) in [7, 11) is 2.19. The minimum Gasteiger partial charge on any atom is -0.306 e. The first kappa shape index (κ1) is 11.6. The van der Waals surface area contributed by atoms with Crippen LogP contribution in [-0.2, 0) is 0 Å². The van der Waals surface area contributed by atoms with Crippen molar-refractivity contribution in [3.8, 4) is 0 Å². The van der Waals surface area contributed by atoms with Crippen LogP contribution in [0.3, 0.4) is 0 Å². The first-order chi connectivity index (χ1) is 7.65. The number of rotatable bonds is 3. The average Bonchev–Trinajstić information content (AvgIpc) is 2.64. The number of nitrogens with one attached hydrogen (secondary N) is 1. The molecule has 16 heavy (non-hydrogen) atoms. The summed E-state index contributed by atoms with van der Waals surface area (Å²) in [4.78, 5) is 2.39. The van der Waals surface area contributed by atoms with Gasteiger partial charge in [-0.2, -0.15) is 0 Å². The highest BCUT2D eigenvalue weighted by Crippen LogP contribution is 2.17. The lowest BCUT2D eigenvalue weighted by molar-refractivity contribution is 0.387. The molecule has 0 amide bonds. The van der Waals surface area contributed by atoms with Crippen LogP contribution in [0.1, 0.15) is 30.5 Å². The predicted molar refractivity (Wildman–Crippen MR) is 68.6 cm³/mol. The van der Waals surface area contributed by atoms with E-state index in [0.717, 1.165) is 0 Å². The summed E-state index contributed by atoms with van der Waals surface area (Å²) < 4.78 is 0. The molecule has 88 valence electrons. The van der Waals surface area contributed by atoms with Gasteiger partial charge in [-0.05, 0) is 39.4 Å². The third kappa shape index (κ3) is 2.83. The smallest absolute Gasteiger partial charge is 0.0294 e. The maximum Gasteiger partial charge on any atom is 0.0294 e. The second-order valence-electron chi connectivity index (χ2n) is 5.05. The fourth-order valence-electron chi connectivity index (χ4n) is 2.46. The van der Waals surface area contributed by atoms with E-state index in [-0.39, 0.29) is 0 Å². The number of hydrogen-bond donors (Lipinski definition) is 1. The van der Waals surface area contributed by atoms with Crippen LogP contribution in [0, 0.1) is 6.92 Å². The summed E-state index contributed by atoms with van der Waals surface area (Å²) in [6.45, 7) is 6.81. The summed E-state index contributed by atoms with van der Waals surface area (Å²) in [5.74, 6) is 0. The largest absolute Gasteiger partial charge is 0.306 e. The molecule has 1 aromatic rings. The van der Waals surface area contributed by atoms with E-state index in [0.29, 0.717) is 12.1 Å². The van der Waals surface area contributed by atoms with E-state index in [1.807, 2.05) is 0 Å². The Kier molecular flexibility index (Phi) is 3.62. The van der Waals surface area contributed by atoms with Crippen LogP contribution >= 0.6 is 0 Å². The molecule has 1 N–H and O–H groups in total. The van der Waals surface area contributed by atoms with E-state index in [2.05, 4.69) is 55.4 Å². The highest BCUT2D eigenvalue weighted by atomic mass is 15.2. The Bertz CT molecular complexity index is 348. The normalized spacial score (nSPS) is 23.6. The van der Waals surface area contributed by atoms with Crippen LogP contribution in [0.2, 0.25) is 0 Å². The summed E-state index contributed by atoms with van der Waals surface area (Å²) >= 11 is 0. The van der Waals surface area contributed by atoms with Crippen molar-refractivity contribution in [3.63, 3.8) is 0 Å². The molecule has 0 aliphatic carbocycles. The maximum absolute atomic E-state index is 3.71. The molecule has 1 heterocycles. The summed E-state index contributed by atoms with van der Waals surface area (Å²) in [5.41, 5.74) is 2.74. The van der Waals surface area contributed by atoms with E-state index < -0.39 is 0 Å². The van der Waals surface area contributed by atoms with Crippen LogP contribution < -0.4 is 5.32 Å². The summed E-state index contributed by atoms with van der Waals surface area (Å²) in [6.07, 6.45) is 1.27. The molecule has 0 saturated carbocycles. The highest BCUT2D eigenvalue weighted by Gasteiger charge is 2.20. The van der Waals surface area contributed by atoms with Crippen molar-refractivity contribution in [2.24, 2.45) is 0 Å². The van der Waals surface area contributed by atoms with Gasteiger partial charge >= 0.3 is 0 Å². The van der Waals surface area contributed by atoms with E-state index in [4.69, 9.17) is 0 Å². The van der Waals surface area contributed by atoms with E-state index in [1.165, 1.54) is 30.6 Å². The van der Waals surface area contributed by atoms with Crippen molar-refractivity contribution in [1.29, 1.82) is 0 Å². The van der Waals surface area contributed by atoms with Gasteiger partial charge in [-0.1, -0.05) is 29.8 Å². The Morgan fingerprint density at radius 2 is 2.25 bits per heavy atom. The first-order valence-electron chi connectivity index (χ1n) is 6.16. The molecule has 1 fully saturated rings. The Morgan fingerprint density at radius 1 is 1.44 bits per heavy atom. The highest BCUT2D eigenvalue weighted by molar-refractivity contribution is 5.24. The summed E-state index contributed by atoms with van der Waals surface area (Å²) in [6, 6.07) is 9.89. The Morgan fingerprint density at radius 3 is 2.88 bits per heavy atom. The van der Waals surface area contributed by atoms with Gasteiger partial charge in [0.2, 0.25) is 0 Å². The zero-order chi connectivity index (χ0) is 11.5. The van der Waals surface area contributed by atoms with E-state index >= 15 is 0 Å². The molecule has 0 spiro atoms. The lowest BCUT2D eigenvalue weighted by Gasteiger charge is -2.20. The predicted octanol–water partition coefficient (Wildman–Crippen LogP) is 2.35. The molecule has 0 radical (unpaired) electrons. The number of aryl methyl sites for hydroxylation is 1. The monoisotopic (exact) mass is 218 g/mol. The van der Waals surface area contributed by atoms with E-state index in [1.54, 1.807) is 0 Å². The molecule has 1 aromatic carbocycles. The average molecular weight is 218 g/mol. The van der Waals surface area contributed by atoms with Crippen LogP contribution in [0.15, 0.2) is 24.3 Å². The Labute approximate surface area is 98.7 Å². The first-order valence-corrected chi connectivity index (χ1v) is 6.16. The molecular weight excluding hydrogens is 196 g/mol. The Balaban J connectivity index is 1.95. The van der Waals surface area contributed by atoms with Gasteiger partial charge in [-0.25, -0.2) is 0 Å². The lowest BCUT2D eigenvalue weighted by atomic mass is 10.0. The maximum atomic E-state index is 3.71. The second kappa shape index (κ2) is 4.98. The number of hydrogen-bond acceptors (Lipinski definition) is 2. The van der Waals surface area contributed by atoms with Gasteiger partial charge < -0.3 is 10.2 Å². The third-order valence-corrected chi connectivity index (χ3v) is 3.42. The molecule has 1 aliphatic rings.